The number of benzene rings is 1. The molecule has 124 valence electrons. The summed E-state index contributed by atoms with van der Waals surface area (Å²) in [5.41, 5.74) is 0.741. The standard InChI is InChI=1S/C14H15NO6S2/c16-5-8-10(18)11(19)12(20)14(6-17,21-8)23-13-15-7-3-1-2-4-9(7)22-13/h1-4,6,8,10-12,16,18-20H,5H2/t8-,10+,11+,12-,14-/m1/s1. The number of thiazole rings is 1. The fraction of sp³-hybridized carbons (Fsp3) is 0.429. The van der Waals surface area contributed by atoms with Crippen LogP contribution in [-0.4, -0.2) is 67.7 Å². The van der Waals surface area contributed by atoms with Gasteiger partial charge in [0.05, 0.1) is 16.8 Å². The number of thioether (sulfide) groups is 1. The summed E-state index contributed by atoms with van der Waals surface area (Å²) in [7, 11) is 0. The van der Waals surface area contributed by atoms with E-state index in [0.29, 0.717) is 10.6 Å². The van der Waals surface area contributed by atoms with Crippen molar-refractivity contribution in [2.24, 2.45) is 0 Å². The zero-order chi connectivity index (χ0) is 16.6. The minimum Gasteiger partial charge on any atom is -0.394 e. The van der Waals surface area contributed by atoms with Crippen LogP contribution in [0.3, 0.4) is 0 Å². The lowest BCUT2D eigenvalue weighted by molar-refractivity contribution is -0.232. The molecule has 3 rings (SSSR count). The number of carbonyl (C=O) groups excluding carboxylic acids is 1. The van der Waals surface area contributed by atoms with Crippen LogP contribution < -0.4 is 0 Å². The molecule has 0 bridgehead atoms. The number of aromatic nitrogens is 1. The molecule has 1 aliphatic rings. The van der Waals surface area contributed by atoms with Crippen LogP contribution in [0.5, 0.6) is 0 Å². The highest BCUT2D eigenvalue weighted by molar-refractivity contribution is 8.03. The second-order valence-corrected chi connectivity index (χ2v) is 7.67. The maximum Gasteiger partial charge on any atom is 0.204 e. The molecule has 0 radical (unpaired) electrons. The minimum absolute atomic E-state index is 0.367. The molecular weight excluding hydrogens is 342 g/mol. The van der Waals surface area contributed by atoms with Crippen molar-refractivity contribution in [3.05, 3.63) is 24.3 Å². The molecule has 0 unspecified atom stereocenters. The van der Waals surface area contributed by atoms with Gasteiger partial charge in [-0.3, -0.25) is 4.79 Å². The Hall–Kier alpha value is -1.07. The number of fused-ring (bicyclic) bond motifs is 1. The topological polar surface area (TPSA) is 120 Å². The van der Waals surface area contributed by atoms with Crippen molar-refractivity contribution in [1.82, 2.24) is 4.98 Å². The summed E-state index contributed by atoms with van der Waals surface area (Å²) in [5.74, 6) is 0. The first-order chi connectivity index (χ1) is 11.0. The highest BCUT2D eigenvalue weighted by atomic mass is 32.2. The fourth-order valence-electron chi connectivity index (χ4n) is 2.40. The Bertz CT molecular complexity index is 674. The van der Waals surface area contributed by atoms with Gasteiger partial charge in [-0.05, 0) is 23.9 Å². The van der Waals surface area contributed by atoms with Crippen LogP contribution in [-0.2, 0) is 9.53 Å². The molecule has 1 fully saturated rings. The van der Waals surface area contributed by atoms with Crippen molar-refractivity contribution in [1.29, 1.82) is 0 Å². The molecule has 0 amide bonds. The monoisotopic (exact) mass is 357 g/mol. The normalized spacial score (nSPS) is 34.6. The van der Waals surface area contributed by atoms with E-state index < -0.39 is 36.0 Å². The Morgan fingerprint density at radius 1 is 1.30 bits per heavy atom. The quantitative estimate of drug-likeness (QED) is 0.553. The van der Waals surface area contributed by atoms with E-state index in [0.717, 1.165) is 22.0 Å². The SMILES string of the molecule is O=C[C@]1(Sc2nc3ccccc3s2)O[C@H](CO)[C@H](O)[C@H](O)[C@H]1O. The van der Waals surface area contributed by atoms with Crippen LogP contribution in [0.15, 0.2) is 28.6 Å². The average molecular weight is 357 g/mol. The molecule has 1 aliphatic heterocycles. The molecule has 1 aromatic carbocycles. The van der Waals surface area contributed by atoms with Gasteiger partial charge in [0.15, 0.2) is 10.6 Å². The van der Waals surface area contributed by atoms with E-state index in [1.807, 2.05) is 24.3 Å². The van der Waals surface area contributed by atoms with Gasteiger partial charge in [0, 0.05) is 0 Å². The number of ether oxygens (including phenoxy) is 1. The van der Waals surface area contributed by atoms with Crippen molar-refractivity contribution in [2.75, 3.05) is 6.61 Å². The number of aliphatic hydroxyl groups is 4. The first-order valence-corrected chi connectivity index (χ1v) is 8.48. The van der Waals surface area contributed by atoms with Crippen molar-refractivity contribution in [2.45, 2.75) is 33.7 Å². The van der Waals surface area contributed by atoms with Gasteiger partial charge >= 0.3 is 0 Å². The van der Waals surface area contributed by atoms with Crippen LogP contribution in [0.1, 0.15) is 0 Å². The van der Waals surface area contributed by atoms with Gasteiger partial charge in [-0.25, -0.2) is 4.98 Å². The van der Waals surface area contributed by atoms with E-state index in [1.165, 1.54) is 11.3 Å². The lowest BCUT2D eigenvalue weighted by Crippen LogP contribution is -2.64. The van der Waals surface area contributed by atoms with Gasteiger partial charge in [0.1, 0.15) is 24.4 Å². The number of hydrogen-bond acceptors (Lipinski definition) is 9. The molecule has 4 N–H and O–H groups in total. The average Bonchev–Trinajstić information content (AvgIpc) is 2.97. The van der Waals surface area contributed by atoms with Gasteiger partial charge in [0.2, 0.25) is 4.93 Å². The molecule has 2 heterocycles. The Morgan fingerprint density at radius 3 is 2.70 bits per heavy atom. The van der Waals surface area contributed by atoms with E-state index in [4.69, 9.17) is 4.74 Å². The highest BCUT2D eigenvalue weighted by Gasteiger charge is 2.54. The van der Waals surface area contributed by atoms with Crippen LogP contribution in [0.4, 0.5) is 0 Å². The highest BCUT2D eigenvalue weighted by Crippen LogP contribution is 2.43. The maximum absolute atomic E-state index is 11.6. The van der Waals surface area contributed by atoms with Crippen LogP contribution in [0.25, 0.3) is 10.2 Å². The third kappa shape index (κ3) is 2.89. The number of nitrogens with zero attached hydrogens (tertiary/aromatic N) is 1. The maximum atomic E-state index is 11.6. The third-order valence-electron chi connectivity index (χ3n) is 3.67. The largest absolute Gasteiger partial charge is 0.394 e. The van der Waals surface area contributed by atoms with E-state index in [-0.39, 0.29) is 0 Å². The molecule has 9 heteroatoms. The number of para-hydroxylation sites is 1. The van der Waals surface area contributed by atoms with E-state index in [1.54, 1.807) is 0 Å². The zero-order valence-electron chi connectivity index (χ0n) is 11.8. The third-order valence-corrected chi connectivity index (χ3v) is 6.02. The fourth-order valence-corrected chi connectivity index (χ4v) is 4.82. The summed E-state index contributed by atoms with van der Waals surface area (Å²) >= 11 is 2.17. The molecule has 1 saturated heterocycles. The number of rotatable bonds is 4. The molecule has 0 spiro atoms. The van der Waals surface area contributed by atoms with E-state index in [9.17, 15) is 25.2 Å². The first kappa shape index (κ1) is 16.8. The number of aldehydes is 1. The summed E-state index contributed by atoms with van der Waals surface area (Å²) in [5, 5.41) is 39.2. The van der Waals surface area contributed by atoms with Gasteiger partial charge in [-0.15, -0.1) is 11.3 Å². The van der Waals surface area contributed by atoms with Gasteiger partial charge in [-0.1, -0.05) is 12.1 Å². The second-order valence-electron chi connectivity index (χ2n) is 5.15. The number of aliphatic hydroxyl groups excluding tert-OH is 4. The summed E-state index contributed by atoms with van der Waals surface area (Å²) in [6, 6.07) is 7.38. The molecule has 7 nitrogen and oxygen atoms in total. The predicted octanol–water partition coefficient (Wildman–Crippen LogP) is -0.243. The lowest BCUT2D eigenvalue weighted by atomic mass is 9.95. The van der Waals surface area contributed by atoms with E-state index >= 15 is 0 Å². The van der Waals surface area contributed by atoms with Crippen molar-refractivity contribution in [3.63, 3.8) is 0 Å². The Kier molecular flexibility index (Phi) is 4.70. The van der Waals surface area contributed by atoms with Gasteiger partial charge in [-0.2, -0.15) is 0 Å². The molecule has 0 saturated carbocycles. The summed E-state index contributed by atoms with van der Waals surface area (Å²) in [6.45, 7) is -0.596. The summed E-state index contributed by atoms with van der Waals surface area (Å²) < 4.78 is 6.79. The molecule has 2 aromatic rings. The molecule has 23 heavy (non-hydrogen) atoms. The van der Waals surface area contributed by atoms with Gasteiger partial charge in [0.25, 0.3) is 0 Å². The summed E-state index contributed by atoms with van der Waals surface area (Å²) in [4.78, 5) is 14.1. The van der Waals surface area contributed by atoms with Crippen LogP contribution >= 0.6 is 23.1 Å². The minimum atomic E-state index is -1.85. The number of carbonyl (C=O) groups is 1. The van der Waals surface area contributed by atoms with Crippen molar-refractivity contribution >= 4 is 39.6 Å². The zero-order valence-corrected chi connectivity index (χ0v) is 13.4. The van der Waals surface area contributed by atoms with Crippen LogP contribution in [0.2, 0.25) is 0 Å². The lowest BCUT2D eigenvalue weighted by Gasteiger charge is -2.44. The Balaban J connectivity index is 1.94. The molecule has 0 aliphatic carbocycles. The van der Waals surface area contributed by atoms with Gasteiger partial charge < -0.3 is 25.2 Å². The Labute approximate surface area is 139 Å². The second kappa shape index (κ2) is 6.44. The predicted molar refractivity (Wildman–Crippen MR) is 84.3 cm³/mol. The van der Waals surface area contributed by atoms with Crippen LogP contribution in [0, 0.1) is 0 Å². The number of hydrogen-bond donors (Lipinski definition) is 4. The smallest absolute Gasteiger partial charge is 0.204 e. The molecule has 5 atom stereocenters. The summed E-state index contributed by atoms with van der Waals surface area (Å²) in [6.07, 6.45) is -5.58. The molecule has 1 aromatic heterocycles. The first-order valence-electron chi connectivity index (χ1n) is 6.84. The molecular formula is C14H15NO6S2. The Morgan fingerprint density at radius 2 is 2.04 bits per heavy atom. The van der Waals surface area contributed by atoms with Crippen molar-refractivity contribution in [3.8, 4) is 0 Å². The van der Waals surface area contributed by atoms with Crippen molar-refractivity contribution < 1.29 is 30.0 Å². The van der Waals surface area contributed by atoms with E-state index in [2.05, 4.69) is 4.98 Å².